The number of hydrogen-bond donors (Lipinski definition) is 0. The molecule has 0 radical (unpaired) electrons. The fourth-order valence-electron chi connectivity index (χ4n) is 4.03. The average Bonchev–Trinajstić information content (AvgIpc) is 3.28. The Morgan fingerprint density at radius 1 is 0.719 bits per heavy atom. The summed E-state index contributed by atoms with van der Waals surface area (Å²) in [4.78, 5) is 2.11. The molecule has 0 atom stereocenters. The summed E-state index contributed by atoms with van der Waals surface area (Å²) in [6.45, 7) is 0. The molecule has 3 aromatic carbocycles. The minimum Gasteiger partial charge on any atom is -0.497 e. The van der Waals surface area contributed by atoms with Crippen LogP contribution in [0, 0.1) is 0 Å². The Bertz CT molecular complexity index is 1090. The quantitative estimate of drug-likeness (QED) is 0.434. The smallest absolute Gasteiger partial charge is 0.118 e. The molecule has 0 aromatic heterocycles. The summed E-state index contributed by atoms with van der Waals surface area (Å²) in [6.07, 6.45) is 8.80. The molecule has 3 aromatic rings. The molecule has 0 heterocycles. The SMILES string of the molecule is COc1ccc(C(C2=CC=C/C2=C\c2ccc(N(C)C)cc2)c2ccc(OC)cc2)cc1. The van der Waals surface area contributed by atoms with Gasteiger partial charge in [-0.25, -0.2) is 0 Å². The van der Waals surface area contributed by atoms with Gasteiger partial charge in [0.15, 0.2) is 0 Å². The molecular weight excluding hydrogens is 394 g/mol. The second-order valence-corrected chi connectivity index (χ2v) is 8.05. The van der Waals surface area contributed by atoms with Crippen molar-refractivity contribution in [2.75, 3.05) is 33.2 Å². The summed E-state index contributed by atoms with van der Waals surface area (Å²) >= 11 is 0. The van der Waals surface area contributed by atoms with Crippen molar-refractivity contribution in [3.63, 3.8) is 0 Å². The van der Waals surface area contributed by atoms with E-state index < -0.39 is 0 Å². The monoisotopic (exact) mass is 423 g/mol. The van der Waals surface area contributed by atoms with Crippen LogP contribution in [-0.2, 0) is 0 Å². The number of ether oxygens (including phenoxy) is 2. The van der Waals surface area contributed by atoms with E-state index in [0.717, 1.165) is 11.5 Å². The normalized spacial score (nSPS) is 14.0. The second kappa shape index (κ2) is 9.61. The van der Waals surface area contributed by atoms with E-state index in [2.05, 4.69) is 91.8 Å². The van der Waals surface area contributed by atoms with E-state index >= 15 is 0 Å². The molecule has 162 valence electrons. The predicted molar refractivity (Wildman–Crippen MR) is 134 cm³/mol. The Labute approximate surface area is 190 Å². The highest BCUT2D eigenvalue weighted by atomic mass is 16.5. The van der Waals surface area contributed by atoms with Crippen LogP contribution in [-0.4, -0.2) is 28.3 Å². The minimum absolute atomic E-state index is 0.106. The van der Waals surface area contributed by atoms with Gasteiger partial charge in [-0.1, -0.05) is 54.6 Å². The Morgan fingerprint density at radius 3 is 1.72 bits per heavy atom. The molecule has 0 saturated carbocycles. The van der Waals surface area contributed by atoms with Crippen molar-refractivity contribution in [2.45, 2.75) is 5.92 Å². The zero-order chi connectivity index (χ0) is 22.5. The van der Waals surface area contributed by atoms with Crippen molar-refractivity contribution in [3.05, 3.63) is 119 Å². The molecule has 3 nitrogen and oxygen atoms in total. The second-order valence-electron chi connectivity index (χ2n) is 8.05. The third kappa shape index (κ3) is 4.62. The molecule has 0 amide bonds. The van der Waals surface area contributed by atoms with Crippen LogP contribution < -0.4 is 14.4 Å². The molecule has 0 spiro atoms. The van der Waals surface area contributed by atoms with Gasteiger partial charge in [0.1, 0.15) is 11.5 Å². The Morgan fingerprint density at radius 2 is 1.25 bits per heavy atom. The van der Waals surface area contributed by atoms with Crippen LogP contribution in [0.1, 0.15) is 22.6 Å². The summed E-state index contributed by atoms with van der Waals surface area (Å²) < 4.78 is 10.8. The fraction of sp³-hybridized carbons (Fsp3) is 0.172. The van der Waals surface area contributed by atoms with Crippen molar-refractivity contribution in [2.24, 2.45) is 0 Å². The first-order chi connectivity index (χ1) is 15.6. The number of hydrogen-bond acceptors (Lipinski definition) is 3. The van der Waals surface area contributed by atoms with Crippen molar-refractivity contribution in [1.29, 1.82) is 0 Å². The standard InChI is InChI=1S/C29H29NO2/c1-30(2)25-14-8-21(9-15-25)20-24-6-5-7-28(24)29(22-10-16-26(31-3)17-11-22)23-12-18-27(32-4)19-13-23/h5-20,29H,1-4H3/b24-20+. The van der Waals surface area contributed by atoms with Crippen molar-refractivity contribution in [3.8, 4) is 11.5 Å². The van der Waals surface area contributed by atoms with E-state index in [1.54, 1.807) is 14.2 Å². The van der Waals surface area contributed by atoms with Gasteiger partial charge in [-0.2, -0.15) is 0 Å². The van der Waals surface area contributed by atoms with E-state index in [1.807, 2.05) is 24.3 Å². The molecule has 0 fully saturated rings. The number of benzene rings is 3. The van der Waals surface area contributed by atoms with E-state index in [1.165, 1.54) is 33.5 Å². The molecule has 0 N–H and O–H groups in total. The number of rotatable bonds is 7. The lowest BCUT2D eigenvalue weighted by Gasteiger charge is -2.22. The molecule has 0 saturated heterocycles. The predicted octanol–water partition coefficient (Wildman–Crippen LogP) is 6.48. The van der Waals surface area contributed by atoms with E-state index in [-0.39, 0.29) is 5.92 Å². The lowest BCUT2D eigenvalue weighted by Crippen LogP contribution is -2.08. The van der Waals surface area contributed by atoms with Gasteiger partial charge in [0.2, 0.25) is 0 Å². The van der Waals surface area contributed by atoms with Crippen LogP contribution in [0.4, 0.5) is 5.69 Å². The molecule has 32 heavy (non-hydrogen) atoms. The summed E-state index contributed by atoms with van der Waals surface area (Å²) in [5.41, 5.74) is 7.32. The van der Waals surface area contributed by atoms with E-state index in [9.17, 15) is 0 Å². The van der Waals surface area contributed by atoms with Gasteiger partial charge in [-0.15, -0.1) is 0 Å². The summed E-state index contributed by atoms with van der Waals surface area (Å²) in [7, 11) is 7.51. The van der Waals surface area contributed by atoms with Gasteiger partial charge in [-0.05, 0) is 70.3 Å². The molecule has 3 heteroatoms. The minimum atomic E-state index is 0.106. The summed E-state index contributed by atoms with van der Waals surface area (Å²) in [6, 6.07) is 25.3. The van der Waals surface area contributed by atoms with Crippen molar-refractivity contribution >= 4 is 11.8 Å². The first-order valence-corrected chi connectivity index (χ1v) is 10.7. The number of nitrogens with zero attached hydrogens (tertiary/aromatic N) is 1. The van der Waals surface area contributed by atoms with Crippen LogP contribution in [0.2, 0.25) is 0 Å². The van der Waals surface area contributed by atoms with Crippen LogP contribution in [0.3, 0.4) is 0 Å². The number of anilines is 1. The Kier molecular flexibility index (Phi) is 6.46. The zero-order valence-corrected chi connectivity index (χ0v) is 19.1. The van der Waals surface area contributed by atoms with Gasteiger partial charge < -0.3 is 14.4 Å². The van der Waals surface area contributed by atoms with E-state index in [0.29, 0.717) is 0 Å². The Balaban J connectivity index is 1.73. The molecular formula is C29H29NO2. The molecule has 1 aliphatic carbocycles. The molecule has 0 unspecified atom stereocenters. The van der Waals surface area contributed by atoms with Gasteiger partial charge in [-0.3, -0.25) is 0 Å². The van der Waals surface area contributed by atoms with Crippen LogP contribution in [0.25, 0.3) is 6.08 Å². The van der Waals surface area contributed by atoms with Crippen LogP contribution in [0.5, 0.6) is 11.5 Å². The molecule has 0 bridgehead atoms. The van der Waals surface area contributed by atoms with Crippen LogP contribution in [0.15, 0.2) is 102 Å². The molecule has 4 rings (SSSR count). The Hall–Kier alpha value is -3.72. The van der Waals surface area contributed by atoms with E-state index in [4.69, 9.17) is 9.47 Å². The van der Waals surface area contributed by atoms with Crippen molar-refractivity contribution in [1.82, 2.24) is 0 Å². The molecule has 0 aliphatic heterocycles. The highest BCUT2D eigenvalue weighted by Gasteiger charge is 2.23. The zero-order valence-electron chi connectivity index (χ0n) is 19.1. The number of methoxy groups -OCH3 is 2. The highest BCUT2D eigenvalue weighted by molar-refractivity contribution is 5.69. The number of allylic oxidation sites excluding steroid dienone is 5. The summed E-state index contributed by atoms with van der Waals surface area (Å²) in [5.74, 6) is 1.82. The van der Waals surface area contributed by atoms with Gasteiger partial charge in [0, 0.05) is 25.7 Å². The van der Waals surface area contributed by atoms with Gasteiger partial charge in [0.25, 0.3) is 0 Å². The van der Waals surface area contributed by atoms with Crippen molar-refractivity contribution < 1.29 is 9.47 Å². The fourth-order valence-corrected chi connectivity index (χ4v) is 4.03. The van der Waals surface area contributed by atoms with Gasteiger partial charge >= 0.3 is 0 Å². The lowest BCUT2D eigenvalue weighted by atomic mass is 9.82. The average molecular weight is 424 g/mol. The molecule has 1 aliphatic rings. The lowest BCUT2D eigenvalue weighted by molar-refractivity contribution is 0.414. The maximum atomic E-state index is 5.38. The third-order valence-electron chi connectivity index (χ3n) is 5.83. The third-order valence-corrected chi connectivity index (χ3v) is 5.83. The van der Waals surface area contributed by atoms with Crippen LogP contribution >= 0.6 is 0 Å². The van der Waals surface area contributed by atoms with Gasteiger partial charge in [0.05, 0.1) is 14.2 Å². The first kappa shape index (κ1) is 21.5. The first-order valence-electron chi connectivity index (χ1n) is 10.7. The maximum absolute atomic E-state index is 5.38. The maximum Gasteiger partial charge on any atom is 0.118 e. The topological polar surface area (TPSA) is 21.7 Å². The largest absolute Gasteiger partial charge is 0.497 e. The highest BCUT2D eigenvalue weighted by Crippen LogP contribution is 2.40. The summed E-state index contributed by atoms with van der Waals surface area (Å²) in [5, 5.41) is 0.